The van der Waals surface area contributed by atoms with Gasteiger partial charge in [-0.05, 0) is 37.6 Å². The molecule has 2 N–H and O–H groups in total. The lowest BCUT2D eigenvalue weighted by Gasteiger charge is -2.19. The van der Waals surface area contributed by atoms with Crippen molar-refractivity contribution in [2.45, 2.75) is 32.1 Å². The van der Waals surface area contributed by atoms with Gasteiger partial charge in [0.05, 0.1) is 0 Å². The molecule has 2 bridgehead atoms. The Bertz CT molecular complexity index is 190. The first-order valence-electron chi connectivity index (χ1n) is 5.04. The van der Waals surface area contributed by atoms with E-state index in [1.54, 1.807) is 0 Å². The van der Waals surface area contributed by atoms with Gasteiger partial charge in [-0.15, -0.1) is 0 Å². The van der Waals surface area contributed by atoms with Crippen LogP contribution in [0.15, 0.2) is 0 Å². The van der Waals surface area contributed by atoms with Crippen LogP contribution in [0.2, 0.25) is 0 Å². The Morgan fingerprint density at radius 1 is 1.33 bits per heavy atom. The third kappa shape index (κ3) is 1.28. The van der Waals surface area contributed by atoms with Crippen LogP contribution in [0.5, 0.6) is 0 Å². The average Bonchev–Trinajstić information content (AvgIpc) is 2.64. The maximum atomic E-state index is 11.6. The smallest absolute Gasteiger partial charge is 0.137 e. The molecular formula is C10H17NO. The van der Waals surface area contributed by atoms with Crippen molar-refractivity contribution in [3.05, 3.63) is 0 Å². The fourth-order valence-electron chi connectivity index (χ4n) is 2.97. The van der Waals surface area contributed by atoms with Crippen molar-refractivity contribution in [3.8, 4) is 0 Å². The lowest BCUT2D eigenvalue weighted by molar-refractivity contribution is -0.124. The number of rotatable bonds is 3. The predicted molar refractivity (Wildman–Crippen MR) is 47.6 cm³/mol. The van der Waals surface area contributed by atoms with Gasteiger partial charge in [0.25, 0.3) is 0 Å². The summed E-state index contributed by atoms with van der Waals surface area (Å²) in [7, 11) is 0. The summed E-state index contributed by atoms with van der Waals surface area (Å²) in [5.74, 6) is 2.44. The third-order valence-corrected chi connectivity index (χ3v) is 3.54. The zero-order valence-electron chi connectivity index (χ0n) is 7.46. The molecule has 0 aromatic heterocycles. The van der Waals surface area contributed by atoms with Gasteiger partial charge >= 0.3 is 0 Å². The highest BCUT2D eigenvalue weighted by Gasteiger charge is 2.42. The topological polar surface area (TPSA) is 43.1 Å². The Balaban J connectivity index is 1.93. The number of carbonyl (C=O) groups excluding carboxylic acids is 1. The van der Waals surface area contributed by atoms with Gasteiger partial charge < -0.3 is 5.73 Å². The molecule has 2 aliphatic rings. The number of carbonyl (C=O) groups is 1. The normalized spacial score (nSPS) is 38.9. The van der Waals surface area contributed by atoms with Gasteiger partial charge in [0.15, 0.2) is 0 Å². The minimum atomic E-state index is 0.396. The molecule has 2 saturated carbocycles. The average molecular weight is 167 g/mol. The lowest BCUT2D eigenvalue weighted by Crippen LogP contribution is -2.23. The van der Waals surface area contributed by atoms with Crippen LogP contribution in [-0.4, -0.2) is 12.3 Å². The van der Waals surface area contributed by atoms with Crippen molar-refractivity contribution in [2.75, 3.05) is 6.54 Å². The first kappa shape index (κ1) is 8.24. The molecule has 0 aromatic rings. The summed E-state index contributed by atoms with van der Waals surface area (Å²) >= 11 is 0. The number of hydrogen-bond donors (Lipinski definition) is 1. The zero-order chi connectivity index (χ0) is 8.55. The molecule has 0 amide bonds. The van der Waals surface area contributed by atoms with Gasteiger partial charge in [-0.3, -0.25) is 4.79 Å². The molecule has 0 aliphatic heterocycles. The fraction of sp³-hybridized carbons (Fsp3) is 0.900. The van der Waals surface area contributed by atoms with Crippen molar-refractivity contribution in [1.29, 1.82) is 0 Å². The summed E-state index contributed by atoms with van der Waals surface area (Å²) in [6.45, 7) is 0.534. The van der Waals surface area contributed by atoms with Crippen LogP contribution in [0.4, 0.5) is 0 Å². The van der Waals surface area contributed by atoms with E-state index >= 15 is 0 Å². The van der Waals surface area contributed by atoms with Gasteiger partial charge in [0.2, 0.25) is 0 Å². The summed E-state index contributed by atoms with van der Waals surface area (Å²) in [5.41, 5.74) is 5.37. The second kappa shape index (κ2) is 3.17. The van der Waals surface area contributed by atoms with Crippen molar-refractivity contribution >= 4 is 5.78 Å². The highest BCUT2D eigenvalue weighted by atomic mass is 16.1. The summed E-state index contributed by atoms with van der Waals surface area (Å²) in [5, 5.41) is 0. The summed E-state index contributed by atoms with van der Waals surface area (Å²) in [6.07, 6.45) is 5.76. The van der Waals surface area contributed by atoms with E-state index in [9.17, 15) is 4.79 Å². The number of nitrogens with two attached hydrogens (primary N) is 1. The predicted octanol–water partition coefficient (Wildman–Crippen LogP) is 1.34. The lowest BCUT2D eigenvalue weighted by atomic mass is 9.85. The number of ketones is 1. The van der Waals surface area contributed by atoms with Gasteiger partial charge in [-0.1, -0.05) is 6.42 Å². The van der Waals surface area contributed by atoms with Crippen LogP contribution in [0.25, 0.3) is 0 Å². The van der Waals surface area contributed by atoms with Crippen LogP contribution in [-0.2, 0) is 4.79 Å². The molecule has 3 unspecified atom stereocenters. The van der Waals surface area contributed by atoms with Crippen molar-refractivity contribution in [2.24, 2.45) is 23.5 Å². The molecule has 68 valence electrons. The third-order valence-electron chi connectivity index (χ3n) is 3.54. The van der Waals surface area contributed by atoms with E-state index in [1.807, 2.05) is 0 Å². The molecule has 0 spiro atoms. The van der Waals surface area contributed by atoms with Gasteiger partial charge in [0, 0.05) is 12.3 Å². The number of Topliss-reactive ketones (excluding diaryl/α,β-unsaturated/α-hetero) is 1. The molecular weight excluding hydrogens is 150 g/mol. The van der Waals surface area contributed by atoms with E-state index in [0.29, 0.717) is 24.7 Å². The quantitative estimate of drug-likeness (QED) is 0.689. The standard InChI is InChI=1S/C10H17NO/c11-4-3-10(12)9-6-7-1-2-8(9)5-7/h7-9H,1-6,11H2. The van der Waals surface area contributed by atoms with E-state index in [1.165, 1.54) is 25.7 Å². The molecule has 0 saturated heterocycles. The molecule has 2 heteroatoms. The van der Waals surface area contributed by atoms with E-state index < -0.39 is 0 Å². The molecule has 0 aromatic carbocycles. The molecule has 2 fully saturated rings. The maximum Gasteiger partial charge on any atom is 0.137 e. The second-order valence-electron chi connectivity index (χ2n) is 4.29. The highest BCUT2D eigenvalue weighted by Crippen LogP contribution is 2.48. The second-order valence-corrected chi connectivity index (χ2v) is 4.29. The van der Waals surface area contributed by atoms with E-state index in [0.717, 1.165) is 11.8 Å². The Morgan fingerprint density at radius 2 is 2.17 bits per heavy atom. The first-order valence-corrected chi connectivity index (χ1v) is 5.04. The SMILES string of the molecule is NCCC(=O)C1CC2CCC1C2. The van der Waals surface area contributed by atoms with Crippen LogP contribution in [0.1, 0.15) is 32.1 Å². The molecule has 2 nitrogen and oxygen atoms in total. The van der Waals surface area contributed by atoms with Gasteiger partial charge in [-0.2, -0.15) is 0 Å². The highest BCUT2D eigenvalue weighted by molar-refractivity contribution is 5.81. The number of fused-ring (bicyclic) bond motifs is 2. The summed E-state index contributed by atoms with van der Waals surface area (Å²) in [6, 6.07) is 0. The van der Waals surface area contributed by atoms with E-state index in [4.69, 9.17) is 5.73 Å². The zero-order valence-corrected chi connectivity index (χ0v) is 7.46. The Hall–Kier alpha value is -0.370. The van der Waals surface area contributed by atoms with Crippen LogP contribution in [0.3, 0.4) is 0 Å². The monoisotopic (exact) mass is 167 g/mol. The molecule has 0 radical (unpaired) electrons. The minimum absolute atomic E-state index is 0.396. The van der Waals surface area contributed by atoms with E-state index in [-0.39, 0.29) is 0 Å². The first-order chi connectivity index (χ1) is 5.81. The largest absolute Gasteiger partial charge is 0.330 e. The number of hydrogen-bond acceptors (Lipinski definition) is 2. The van der Waals surface area contributed by atoms with Gasteiger partial charge in [-0.25, -0.2) is 0 Å². The Morgan fingerprint density at radius 3 is 2.67 bits per heavy atom. The van der Waals surface area contributed by atoms with E-state index in [2.05, 4.69) is 0 Å². The van der Waals surface area contributed by atoms with Crippen molar-refractivity contribution < 1.29 is 4.79 Å². The maximum absolute atomic E-state index is 11.6. The van der Waals surface area contributed by atoms with Crippen LogP contribution in [0, 0.1) is 17.8 Å². The molecule has 3 atom stereocenters. The Kier molecular flexibility index (Phi) is 2.18. The summed E-state index contributed by atoms with van der Waals surface area (Å²) in [4.78, 5) is 11.6. The van der Waals surface area contributed by atoms with Crippen LogP contribution < -0.4 is 5.73 Å². The molecule has 2 rings (SSSR count). The summed E-state index contributed by atoms with van der Waals surface area (Å²) < 4.78 is 0. The molecule has 0 heterocycles. The van der Waals surface area contributed by atoms with Crippen molar-refractivity contribution in [3.63, 3.8) is 0 Å². The minimum Gasteiger partial charge on any atom is -0.330 e. The fourth-order valence-corrected chi connectivity index (χ4v) is 2.97. The Labute approximate surface area is 73.5 Å². The molecule has 12 heavy (non-hydrogen) atoms. The van der Waals surface area contributed by atoms with Gasteiger partial charge in [0.1, 0.15) is 5.78 Å². The molecule has 2 aliphatic carbocycles. The van der Waals surface area contributed by atoms with Crippen LogP contribution >= 0.6 is 0 Å². The van der Waals surface area contributed by atoms with Crippen molar-refractivity contribution in [1.82, 2.24) is 0 Å².